The molecule has 180 valence electrons. The number of carbonyl (C=O) groups excluding carboxylic acids is 1. The quantitative estimate of drug-likeness (QED) is 0.477. The second-order valence-corrected chi connectivity index (χ2v) is 11.8. The summed E-state index contributed by atoms with van der Waals surface area (Å²) < 4.78 is 48.2. The van der Waals surface area contributed by atoms with Crippen molar-refractivity contribution in [3.8, 4) is 0 Å². The van der Waals surface area contributed by atoms with E-state index in [1.807, 2.05) is 0 Å². The van der Waals surface area contributed by atoms with E-state index >= 15 is 0 Å². The average Bonchev–Trinajstić information content (AvgIpc) is 3.57. The highest BCUT2D eigenvalue weighted by Crippen LogP contribution is 2.34. The Kier molecular flexibility index (Phi) is 6.60. The second-order valence-electron chi connectivity index (χ2n) is 8.42. The number of anilines is 1. The number of fused-ring (bicyclic) bond motifs is 1. The van der Waals surface area contributed by atoms with Crippen LogP contribution < -0.4 is 4.90 Å². The van der Waals surface area contributed by atoms with Crippen LogP contribution >= 0.6 is 22.9 Å². The molecule has 5 rings (SSSR count). The molecular weight excluding hydrogens is 501 g/mol. The summed E-state index contributed by atoms with van der Waals surface area (Å²) in [5.74, 6) is -0.721. The molecule has 2 aliphatic heterocycles. The Morgan fingerprint density at radius 2 is 2.00 bits per heavy atom. The topological polar surface area (TPSA) is 79.8 Å². The number of halogens is 2. The van der Waals surface area contributed by atoms with Gasteiger partial charge in [-0.3, -0.25) is 9.69 Å². The third kappa shape index (κ3) is 4.57. The molecule has 2 atom stereocenters. The van der Waals surface area contributed by atoms with Gasteiger partial charge in [-0.05, 0) is 68.1 Å². The van der Waals surface area contributed by atoms with Crippen LogP contribution in [0, 0.1) is 5.82 Å². The first-order chi connectivity index (χ1) is 16.3. The van der Waals surface area contributed by atoms with Crippen LogP contribution in [0.2, 0.25) is 5.02 Å². The number of hydrogen-bond acceptors (Lipinski definition) is 6. The van der Waals surface area contributed by atoms with Gasteiger partial charge in [0.25, 0.3) is 0 Å². The Bertz CT molecular complexity index is 1310. The molecule has 0 bridgehead atoms. The molecule has 0 saturated carbocycles. The average molecular weight is 524 g/mol. The number of hydrogen-bond donors (Lipinski definition) is 0. The van der Waals surface area contributed by atoms with Crippen molar-refractivity contribution in [1.82, 2.24) is 9.29 Å². The summed E-state index contributed by atoms with van der Waals surface area (Å²) in [6.07, 6.45) is 2.53. The molecule has 34 heavy (non-hydrogen) atoms. The summed E-state index contributed by atoms with van der Waals surface area (Å²) in [4.78, 5) is 20.0. The van der Waals surface area contributed by atoms with Crippen LogP contribution in [-0.2, 0) is 19.6 Å². The van der Waals surface area contributed by atoms with E-state index in [1.54, 1.807) is 6.07 Å². The normalized spacial score (nSPS) is 21.4. The number of amides is 1. The molecule has 3 heterocycles. The highest BCUT2D eigenvalue weighted by molar-refractivity contribution is 7.89. The first-order valence-electron chi connectivity index (χ1n) is 11.1. The second kappa shape index (κ2) is 9.50. The lowest BCUT2D eigenvalue weighted by Gasteiger charge is -2.29. The summed E-state index contributed by atoms with van der Waals surface area (Å²) in [5.41, 5.74) is 0.587. The highest BCUT2D eigenvalue weighted by atomic mass is 35.5. The third-order valence-electron chi connectivity index (χ3n) is 6.16. The summed E-state index contributed by atoms with van der Waals surface area (Å²) in [6, 6.07) is 9.37. The van der Waals surface area contributed by atoms with Crippen molar-refractivity contribution < 1.29 is 22.3 Å². The lowest BCUT2D eigenvalue weighted by molar-refractivity contribution is -0.122. The summed E-state index contributed by atoms with van der Waals surface area (Å²) >= 11 is 7.14. The first-order valence-corrected chi connectivity index (χ1v) is 13.7. The van der Waals surface area contributed by atoms with E-state index in [-0.39, 0.29) is 35.8 Å². The van der Waals surface area contributed by atoms with Crippen molar-refractivity contribution in [2.45, 2.75) is 42.7 Å². The van der Waals surface area contributed by atoms with Crippen molar-refractivity contribution >= 4 is 54.2 Å². The molecule has 0 aliphatic carbocycles. The fourth-order valence-corrected chi connectivity index (χ4v) is 7.23. The Morgan fingerprint density at radius 1 is 1.21 bits per heavy atom. The molecule has 0 spiro atoms. The molecule has 1 amide bonds. The molecule has 2 aliphatic rings. The van der Waals surface area contributed by atoms with E-state index in [2.05, 4.69) is 4.98 Å². The maximum absolute atomic E-state index is 13.9. The zero-order chi connectivity index (χ0) is 23.9. The van der Waals surface area contributed by atoms with Gasteiger partial charge in [0.2, 0.25) is 15.9 Å². The van der Waals surface area contributed by atoms with Crippen molar-refractivity contribution in [1.29, 1.82) is 0 Å². The maximum atomic E-state index is 13.9. The predicted octanol–water partition coefficient (Wildman–Crippen LogP) is 4.45. The fourth-order valence-electron chi connectivity index (χ4n) is 4.45. The minimum absolute atomic E-state index is 0.0951. The maximum Gasteiger partial charge on any atom is 0.247 e. The van der Waals surface area contributed by atoms with Gasteiger partial charge in [-0.15, -0.1) is 0 Å². The van der Waals surface area contributed by atoms with Gasteiger partial charge in [0.15, 0.2) is 5.13 Å². The van der Waals surface area contributed by atoms with E-state index in [0.717, 1.165) is 12.8 Å². The van der Waals surface area contributed by atoms with Gasteiger partial charge in [0.1, 0.15) is 11.9 Å². The van der Waals surface area contributed by atoms with Crippen molar-refractivity contribution in [3.05, 3.63) is 53.3 Å². The van der Waals surface area contributed by atoms with Crippen LogP contribution in [0.3, 0.4) is 0 Å². The van der Waals surface area contributed by atoms with E-state index in [9.17, 15) is 17.6 Å². The van der Waals surface area contributed by atoms with Crippen molar-refractivity contribution in [3.63, 3.8) is 0 Å². The predicted molar refractivity (Wildman–Crippen MR) is 129 cm³/mol. The standard InChI is InChI=1S/C23H23ClFN3O4S2/c24-15-5-8-18(9-6-15)34(30,31)28-11-1-4-20(28)22(29)27(14-17-3-2-12-32-17)23-26-19-10-7-16(25)13-21(19)33-23/h5-10,13,17,20H,1-4,11-12,14H2. The lowest BCUT2D eigenvalue weighted by atomic mass is 10.2. The number of carbonyl (C=O) groups is 1. The smallest absolute Gasteiger partial charge is 0.247 e. The number of sulfonamides is 1. The number of benzene rings is 2. The van der Waals surface area contributed by atoms with E-state index in [1.165, 1.54) is 56.9 Å². The van der Waals surface area contributed by atoms with E-state index < -0.39 is 16.1 Å². The van der Waals surface area contributed by atoms with Gasteiger partial charge in [-0.25, -0.2) is 17.8 Å². The Morgan fingerprint density at radius 3 is 2.74 bits per heavy atom. The summed E-state index contributed by atoms with van der Waals surface area (Å²) in [6.45, 7) is 1.14. The third-order valence-corrected chi connectivity index (χ3v) is 9.37. The van der Waals surface area contributed by atoms with Gasteiger partial charge < -0.3 is 4.74 Å². The summed E-state index contributed by atoms with van der Waals surface area (Å²) in [5, 5.41) is 0.847. The molecule has 3 aromatic rings. The van der Waals surface area contributed by atoms with Crippen molar-refractivity contribution in [2.75, 3.05) is 24.6 Å². The largest absolute Gasteiger partial charge is 0.376 e. The van der Waals surface area contributed by atoms with Crippen LogP contribution in [0.15, 0.2) is 47.4 Å². The fraction of sp³-hybridized carbons (Fsp3) is 0.391. The molecule has 11 heteroatoms. The van der Waals surface area contributed by atoms with Gasteiger partial charge in [-0.1, -0.05) is 22.9 Å². The first kappa shape index (κ1) is 23.6. The zero-order valence-corrected chi connectivity index (χ0v) is 20.6. The minimum atomic E-state index is -3.89. The van der Waals surface area contributed by atoms with Crippen LogP contribution in [0.4, 0.5) is 9.52 Å². The molecule has 2 saturated heterocycles. The summed E-state index contributed by atoms with van der Waals surface area (Å²) in [7, 11) is -3.89. The molecule has 2 fully saturated rings. The Labute approximate surface area is 206 Å². The molecule has 7 nitrogen and oxygen atoms in total. The molecule has 0 radical (unpaired) electrons. The number of ether oxygens (including phenoxy) is 1. The monoisotopic (exact) mass is 523 g/mol. The number of thiazole rings is 1. The van der Waals surface area contributed by atoms with Crippen LogP contribution in [0.5, 0.6) is 0 Å². The zero-order valence-electron chi connectivity index (χ0n) is 18.2. The molecule has 2 unspecified atom stereocenters. The van der Waals surface area contributed by atoms with E-state index in [0.29, 0.717) is 39.8 Å². The number of rotatable bonds is 6. The molecular formula is C23H23ClFN3O4S2. The number of nitrogens with zero attached hydrogens (tertiary/aromatic N) is 3. The van der Waals surface area contributed by atoms with Gasteiger partial charge >= 0.3 is 0 Å². The van der Waals surface area contributed by atoms with Gasteiger partial charge in [-0.2, -0.15) is 4.31 Å². The Balaban J connectivity index is 1.48. The molecule has 1 aromatic heterocycles. The van der Waals surface area contributed by atoms with Crippen LogP contribution in [0.25, 0.3) is 10.2 Å². The van der Waals surface area contributed by atoms with E-state index in [4.69, 9.17) is 16.3 Å². The number of aromatic nitrogens is 1. The van der Waals surface area contributed by atoms with Gasteiger partial charge in [0.05, 0.1) is 27.8 Å². The SMILES string of the molecule is O=C(C1CCCN1S(=O)(=O)c1ccc(Cl)cc1)N(CC1CCCO1)c1nc2ccc(F)cc2s1. The lowest BCUT2D eigenvalue weighted by Crippen LogP contribution is -2.49. The molecule has 0 N–H and O–H groups in total. The van der Waals surface area contributed by atoms with Crippen LogP contribution in [0.1, 0.15) is 25.7 Å². The molecule has 2 aromatic carbocycles. The highest BCUT2D eigenvalue weighted by Gasteiger charge is 2.42. The van der Waals surface area contributed by atoms with Gasteiger partial charge in [0, 0.05) is 18.2 Å². The minimum Gasteiger partial charge on any atom is -0.376 e. The Hall–Kier alpha value is -2.11. The van der Waals surface area contributed by atoms with Crippen molar-refractivity contribution in [2.24, 2.45) is 0 Å². The van der Waals surface area contributed by atoms with Crippen LogP contribution in [-0.4, -0.2) is 55.5 Å².